The molecule has 0 amide bonds. The van der Waals surface area contributed by atoms with E-state index >= 15 is 0 Å². The molecule has 0 aromatic carbocycles. The topological polar surface area (TPSA) is 12.0 Å². The van der Waals surface area contributed by atoms with Crippen molar-refractivity contribution < 1.29 is 0 Å². The van der Waals surface area contributed by atoms with Crippen LogP contribution in [0, 0.1) is 29.6 Å². The summed E-state index contributed by atoms with van der Waals surface area (Å²) in [6.07, 6.45) is 11.9. The highest BCUT2D eigenvalue weighted by atomic mass is 14.9. The highest BCUT2D eigenvalue weighted by molar-refractivity contribution is 5.15. The lowest BCUT2D eigenvalue weighted by Crippen LogP contribution is -2.44. The second-order valence-corrected chi connectivity index (χ2v) is 6.76. The lowest BCUT2D eigenvalue weighted by Gasteiger charge is -2.54. The fourth-order valence-corrected chi connectivity index (χ4v) is 5.24. The summed E-state index contributed by atoms with van der Waals surface area (Å²) < 4.78 is 0. The maximum absolute atomic E-state index is 3.48. The van der Waals surface area contributed by atoms with E-state index in [1.807, 2.05) is 0 Å². The largest absolute Gasteiger partial charge is 0.313 e. The van der Waals surface area contributed by atoms with Crippen molar-refractivity contribution in [3.05, 3.63) is 11.6 Å². The van der Waals surface area contributed by atoms with Crippen molar-refractivity contribution in [2.45, 2.75) is 38.5 Å². The monoisotopic (exact) mass is 217 g/mol. The van der Waals surface area contributed by atoms with E-state index in [0.29, 0.717) is 0 Å². The van der Waals surface area contributed by atoms with Gasteiger partial charge in [0, 0.05) is 6.54 Å². The van der Waals surface area contributed by atoms with Crippen LogP contribution in [0.25, 0.3) is 0 Å². The molecular formula is C15H23N. The first-order valence-corrected chi connectivity index (χ1v) is 7.29. The lowest BCUT2D eigenvalue weighted by molar-refractivity contribution is -0.0164. The van der Waals surface area contributed by atoms with Crippen LogP contribution in [0.4, 0.5) is 0 Å². The molecule has 5 aliphatic rings. The summed E-state index contributed by atoms with van der Waals surface area (Å²) in [4.78, 5) is 0. The van der Waals surface area contributed by atoms with Gasteiger partial charge in [0.1, 0.15) is 0 Å². The second-order valence-electron chi connectivity index (χ2n) is 6.76. The Bertz CT molecular complexity index is 281. The van der Waals surface area contributed by atoms with E-state index in [0.717, 1.165) is 29.6 Å². The zero-order chi connectivity index (χ0) is 10.5. The van der Waals surface area contributed by atoms with Gasteiger partial charge in [0.25, 0.3) is 0 Å². The Labute approximate surface area is 98.7 Å². The van der Waals surface area contributed by atoms with Crippen LogP contribution in [0.2, 0.25) is 0 Å². The fraction of sp³-hybridized carbons (Fsp3) is 0.867. The molecule has 1 heteroatoms. The Kier molecular flexibility index (Phi) is 2.18. The predicted octanol–water partition coefficient (Wildman–Crippen LogP) is 2.98. The second kappa shape index (κ2) is 3.60. The minimum absolute atomic E-state index is 0.975. The summed E-state index contributed by atoms with van der Waals surface area (Å²) in [6.45, 7) is 2.40. The number of nitrogens with one attached hydrogen (secondary N) is 1. The standard InChI is InChI=1S/C15H23N/c1-2-16-9-10(1)8-15-13-4-11-3-12(6-13)7-14(15)5-11/h8,11-16H,1-7,9H2/b10-8+. The number of allylic oxidation sites excluding steroid dienone is 1. The van der Waals surface area contributed by atoms with Crippen LogP contribution in [0.5, 0.6) is 0 Å². The third kappa shape index (κ3) is 1.48. The first-order chi connectivity index (χ1) is 7.88. The first-order valence-electron chi connectivity index (χ1n) is 7.29. The summed E-state index contributed by atoms with van der Waals surface area (Å²) in [5.74, 6) is 5.37. The minimum atomic E-state index is 0.975. The minimum Gasteiger partial charge on any atom is -0.313 e. The van der Waals surface area contributed by atoms with E-state index in [2.05, 4.69) is 11.4 Å². The van der Waals surface area contributed by atoms with Crippen LogP contribution in [-0.4, -0.2) is 13.1 Å². The molecule has 5 fully saturated rings. The van der Waals surface area contributed by atoms with Crippen molar-refractivity contribution in [1.29, 1.82) is 0 Å². The molecule has 1 aliphatic heterocycles. The van der Waals surface area contributed by atoms with Gasteiger partial charge in [0.05, 0.1) is 0 Å². The van der Waals surface area contributed by atoms with Crippen LogP contribution in [0.3, 0.4) is 0 Å². The van der Waals surface area contributed by atoms with E-state index in [1.165, 1.54) is 19.5 Å². The maximum Gasteiger partial charge on any atom is 0.0165 e. The van der Waals surface area contributed by atoms with Gasteiger partial charge in [0.15, 0.2) is 0 Å². The molecule has 1 saturated heterocycles. The first kappa shape index (κ1) is 9.70. The molecule has 5 rings (SSSR count). The Hall–Kier alpha value is -0.300. The number of hydrogen-bond acceptors (Lipinski definition) is 1. The highest BCUT2D eigenvalue weighted by Crippen LogP contribution is 2.57. The molecule has 0 unspecified atom stereocenters. The molecule has 88 valence electrons. The molecule has 0 radical (unpaired) electrons. The van der Waals surface area contributed by atoms with E-state index in [-0.39, 0.29) is 0 Å². The van der Waals surface area contributed by atoms with Crippen LogP contribution in [0.15, 0.2) is 11.6 Å². The summed E-state index contributed by atoms with van der Waals surface area (Å²) in [7, 11) is 0. The highest BCUT2D eigenvalue weighted by Gasteiger charge is 2.47. The summed E-state index contributed by atoms with van der Waals surface area (Å²) in [5.41, 5.74) is 1.72. The average Bonchev–Trinajstić information content (AvgIpc) is 2.75. The van der Waals surface area contributed by atoms with Gasteiger partial charge < -0.3 is 5.32 Å². The van der Waals surface area contributed by atoms with Crippen molar-refractivity contribution in [3.8, 4) is 0 Å². The average molecular weight is 217 g/mol. The molecule has 1 N–H and O–H groups in total. The zero-order valence-corrected chi connectivity index (χ0v) is 10.1. The van der Waals surface area contributed by atoms with Crippen molar-refractivity contribution >= 4 is 0 Å². The van der Waals surface area contributed by atoms with Crippen molar-refractivity contribution in [2.75, 3.05) is 13.1 Å². The van der Waals surface area contributed by atoms with Gasteiger partial charge in [0.2, 0.25) is 0 Å². The molecule has 0 atom stereocenters. The van der Waals surface area contributed by atoms with E-state index in [9.17, 15) is 0 Å². The van der Waals surface area contributed by atoms with Crippen LogP contribution < -0.4 is 5.32 Å². The fourth-order valence-electron chi connectivity index (χ4n) is 5.24. The molecular weight excluding hydrogens is 194 g/mol. The van der Waals surface area contributed by atoms with E-state index in [4.69, 9.17) is 0 Å². The molecule has 0 aromatic rings. The summed E-state index contributed by atoms with van der Waals surface area (Å²) in [5, 5.41) is 3.48. The molecule has 1 nitrogen and oxygen atoms in total. The van der Waals surface area contributed by atoms with Gasteiger partial charge in [-0.05, 0) is 74.7 Å². The summed E-state index contributed by atoms with van der Waals surface area (Å²) in [6, 6.07) is 0. The number of hydrogen-bond donors (Lipinski definition) is 1. The predicted molar refractivity (Wildman–Crippen MR) is 66.1 cm³/mol. The Morgan fingerprint density at radius 2 is 1.62 bits per heavy atom. The maximum atomic E-state index is 3.48. The van der Waals surface area contributed by atoms with Crippen molar-refractivity contribution in [2.24, 2.45) is 29.6 Å². The molecule has 16 heavy (non-hydrogen) atoms. The Balaban J connectivity index is 1.57. The van der Waals surface area contributed by atoms with Gasteiger partial charge in [-0.2, -0.15) is 0 Å². The Morgan fingerprint density at radius 1 is 0.938 bits per heavy atom. The smallest absolute Gasteiger partial charge is 0.0165 e. The van der Waals surface area contributed by atoms with E-state index < -0.39 is 0 Å². The van der Waals surface area contributed by atoms with Gasteiger partial charge in [-0.15, -0.1) is 0 Å². The molecule has 0 spiro atoms. The summed E-state index contributed by atoms with van der Waals surface area (Å²) >= 11 is 0. The van der Waals surface area contributed by atoms with Crippen LogP contribution in [0.1, 0.15) is 38.5 Å². The molecule has 0 aromatic heterocycles. The van der Waals surface area contributed by atoms with Gasteiger partial charge >= 0.3 is 0 Å². The van der Waals surface area contributed by atoms with Crippen LogP contribution >= 0.6 is 0 Å². The van der Waals surface area contributed by atoms with Gasteiger partial charge in [-0.3, -0.25) is 0 Å². The normalized spacial score (nSPS) is 52.8. The molecule has 4 bridgehead atoms. The quantitative estimate of drug-likeness (QED) is 0.666. The molecule has 4 aliphatic carbocycles. The van der Waals surface area contributed by atoms with Crippen LogP contribution in [-0.2, 0) is 0 Å². The van der Waals surface area contributed by atoms with Crippen molar-refractivity contribution in [1.82, 2.24) is 5.32 Å². The lowest BCUT2D eigenvalue weighted by atomic mass is 9.52. The van der Waals surface area contributed by atoms with Crippen molar-refractivity contribution in [3.63, 3.8) is 0 Å². The molecule has 1 heterocycles. The third-order valence-electron chi connectivity index (χ3n) is 5.70. The molecule has 4 saturated carbocycles. The SMILES string of the molecule is C(=C1/CCNC1)/C1C2CC3CC(C2)CC1C3. The zero-order valence-electron chi connectivity index (χ0n) is 10.1. The van der Waals surface area contributed by atoms with E-state index in [1.54, 1.807) is 37.7 Å². The van der Waals surface area contributed by atoms with Gasteiger partial charge in [-0.1, -0.05) is 11.6 Å². The van der Waals surface area contributed by atoms with Gasteiger partial charge in [-0.25, -0.2) is 0 Å². The number of rotatable bonds is 1. The third-order valence-corrected chi connectivity index (χ3v) is 5.70. The Morgan fingerprint density at radius 3 is 2.19 bits per heavy atom.